The van der Waals surface area contributed by atoms with Crippen LogP contribution >= 0.6 is 11.3 Å². The summed E-state index contributed by atoms with van der Waals surface area (Å²) in [5, 5.41) is 11.5. The quantitative estimate of drug-likeness (QED) is 0.475. The number of anilines is 1. The number of benzene rings is 1. The molecule has 1 amide bonds. The number of nitrogens with zero attached hydrogens (tertiary/aromatic N) is 2. The Balaban J connectivity index is 1.79. The van der Waals surface area contributed by atoms with Gasteiger partial charge in [-0.25, -0.2) is 4.98 Å². The Kier molecular flexibility index (Phi) is 5.05. The van der Waals surface area contributed by atoms with Gasteiger partial charge in [0.15, 0.2) is 10.8 Å². The van der Waals surface area contributed by atoms with Gasteiger partial charge in [0.2, 0.25) is 0 Å². The number of carbonyl (C=O) groups is 1. The second-order valence-corrected chi connectivity index (χ2v) is 6.67. The van der Waals surface area contributed by atoms with Gasteiger partial charge >= 0.3 is 6.18 Å². The van der Waals surface area contributed by atoms with Crippen LogP contribution in [-0.2, 0) is 6.18 Å². The Morgan fingerprint density at radius 1 is 1.32 bits per heavy atom. The fraction of sp³-hybridized carbons (Fsp3) is 0.125. The molecule has 0 saturated carbocycles. The number of nitro benzene ring substituents is 1. The largest absolute Gasteiger partial charge is 0.462 e. The molecule has 2 aromatic heterocycles. The van der Waals surface area contributed by atoms with E-state index in [0.29, 0.717) is 27.8 Å². The number of aromatic nitrogens is 1. The summed E-state index contributed by atoms with van der Waals surface area (Å²) in [5.41, 5.74) is 2.23. The molecule has 0 spiro atoms. The van der Waals surface area contributed by atoms with Crippen molar-refractivity contribution in [1.82, 2.24) is 10.4 Å². The number of aryl methyl sites for hydroxylation is 1. The molecule has 12 heteroatoms. The van der Waals surface area contributed by atoms with Gasteiger partial charge < -0.3 is 4.42 Å². The zero-order valence-electron chi connectivity index (χ0n) is 14.0. The first kappa shape index (κ1) is 19.4. The molecule has 0 atom stereocenters. The summed E-state index contributed by atoms with van der Waals surface area (Å²) < 4.78 is 43.4. The van der Waals surface area contributed by atoms with Crippen molar-refractivity contribution in [2.75, 3.05) is 5.43 Å². The lowest BCUT2D eigenvalue weighted by Crippen LogP contribution is -2.30. The van der Waals surface area contributed by atoms with Gasteiger partial charge in [-0.15, -0.1) is 11.3 Å². The van der Waals surface area contributed by atoms with E-state index in [2.05, 4.69) is 15.8 Å². The van der Waals surface area contributed by atoms with Crippen LogP contribution in [-0.4, -0.2) is 15.8 Å². The van der Waals surface area contributed by atoms with Gasteiger partial charge in [-0.3, -0.25) is 25.8 Å². The number of nitro groups is 1. The van der Waals surface area contributed by atoms with Crippen molar-refractivity contribution in [3.8, 4) is 10.8 Å². The number of carbonyl (C=O) groups excluding carboxylic acids is 1. The predicted octanol–water partition coefficient (Wildman–Crippen LogP) is 4.40. The van der Waals surface area contributed by atoms with E-state index >= 15 is 0 Å². The van der Waals surface area contributed by atoms with Crippen LogP contribution in [0.3, 0.4) is 0 Å². The second kappa shape index (κ2) is 7.31. The van der Waals surface area contributed by atoms with Crippen LogP contribution in [0.1, 0.15) is 20.9 Å². The number of amides is 1. The van der Waals surface area contributed by atoms with Gasteiger partial charge in [-0.1, -0.05) is 0 Å². The summed E-state index contributed by atoms with van der Waals surface area (Å²) >= 11 is 1.21. The third-order valence-corrected chi connectivity index (χ3v) is 4.56. The summed E-state index contributed by atoms with van der Waals surface area (Å²) in [5.74, 6) is -0.237. The summed E-state index contributed by atoms with van der Waals surface area (Å²) in [4.78, 5) is 27.1. The van der Waals surface area contributed by atoms with Crippen molar-refractivity contribution in [3.63, 3.8) is 0 Å². The first-order valence-corrected chi connectivity index (χ1v) is 8.41. The maximum Gasteiger partial charge on any atom is 0.416 e. The fourth-order valence-corrected chi connectivity index (χ4v) is 3.14. The van der Waals surface area contributed by atoms with Crippen LogP contribution < -0.4 is 10.9 Å². The van der Waals surface area contributed by atoms with Crippen molar-refractivity contribution in [2.24, 2.45) is 0 Å². The van der Waals surface area contributed by atoms with Crippen LogP contribution in [0, 0.1) is 17.0 Å². The summed E-state index contributed by atoms with van der Waals surface area (Å²) in [6.45, 7) is 1.65. The third kappa shape index (κ3) is 3.96. The molecule has 3 rings (SSSR count). The fourth-order valence-electron chi connectivity index (χ4n) is 2.26. The van der Waals surface area contributed by atoms with Crippen molar-refractivity contribution in [1.29, 1.82) is 0 Å². The molecule has 2 heterocycles. The summed E-state index contributed by atoms with van der Waals surface area (Å²) in [6.07, 6.45) is -3.27. The molecule has 0 radical (unpaired) electrons. The lowest BCUT2D eigenvalue weighted by molar-refractivity contribution is -0.384. The highest BCUT2D eigenvalue weighted by molar-refractivity contribution is 7.15. The average molecular weight is 412 g/mol. The summed E-state index contributed by atoms with van der Waals surface area (Å²) in [7, 11) is 0. The Morgan fingerprint density at radius 2 is 2.07 bits per heavy atom. The van der Waals surface area contributed by atoms with E-state index in [4.69, 9.17) is 4.42 Å². The highest BCUT2D eigenvalue weighted by Crippen LogP contribution is 2.35. The molecule has 28 heavy (non-hydrogen) atoms. The zero-order valence-corrected chi connectivity index (χ0v) is 14.9. The van der Waals surface area contributed by atoms with Crippen molar-refractivity contribution < 1.29 is 27.3 Å². The molecule has 1 aromatic carbocycles. The van der Waals surface area contributed by atoms with Gasteiger partial charge in [0.1, 0.15) is 11.4 Å². The lowest BCUT2D eigenvalue weighted by atomic mass is 10.1. The smallest absolute Gasteiger partial charge is 0.416 e. The Morgan fingerprint density at radius 3 is 2.68 bits per heavy atom. The molecule has 2 N–H and O–H groups in total. The minimum absolute atomic E-state index is 0.0541. The Bertz CT molecular complexity index is 1030. The number of halogens is 3. The highest BCUT2D eigenvalue weighted by Gasteiger charge is 2.33. The number of rotatable bonds is 5. The van der Waals surface area contributed by atoms with Crippen LogP contribution in [0.15, 0.2) is 41.0 Å². The average Bonchev–Trinajstić information content (AvgIpc) is 3.28. The molecule has 0 aliphatic heterocycles. The maximum absolute atomic E-state index is 12.7. The number of hydrogen-bond acceptors (Lipinski definition) is 7. The molecular formula is C16H11F3N4O4S. The molecule has 0 fully saturated rings. The SMILES string of the molecule is Cc1sc(-c2ccco2)nc1C(=O)NNc1ccc(C(F)(F)F)cc1[N+](=O)[O-]. The number of thiazole rings is 1. The number of nitrogens with one attached hydrogen (secondary N) is 2. The summed E-state index contributed by atoms with van der Waals surface area (Å²) in [6, 6.07) is 5.26. The molecule has 0 unspecified atom stereocenters. The van der Waals surface area contributed by atoms with Crippen LogP contribution in [0.2, 0.25) is 0 Å². The highest BCUT2D eigenvalue weighted by atomic mass is 32.1. The van der Waals surface area contributed by atoms with Crippen molar-refractivity contribution in [2.45, 2.75) is 13.1 Å². The van der Waals surface area contributed by atoms with Gasteiger partial charge in [0.05, 0.1) is 16.7 Å². The van der Waals surface area contributed by atoms with Crippen LogP contribution in [0.25, 0.3) is 10.8 Å². The van der Waals surface area contributed by atoms with Crippen LogP contribution in [0.4, 0.5) is 24.5 Å². The molecule has 0 aliphatic rings. The van der Waals surface area contributed by atoms with E-state index in [1.807, 2.05) is 0 Å². The number of hydrazine groups is 1. The molecule has 0 bridgehead atoms. The van der Waals surface area contributed by atoms with Crippen LogP contribution in [0.5, 0.6) is 0 Å². The van der Waals surface area contributed by atoms with E-state index in [1.165, 1.54) is 17.6 Å². The lowest BCUT2D eigenvalue weighted by Gasteiger charge is -2.11. The molecular weight excluding hydrogens is 401 g/mol. The minimum atomic E-state index is -4.73. The number of hydrogen-bond donors (Lipinski definition) is 2. The molecule has 0 saturated heterocycles. The van der Waals surface area contributed by atoms with E-state index in [9.17, 15) is 28.1 Å². The monoisotopic (exact) mass is 412 g/mol. The van der Waals surface area contributed by atoms with Gasteiger partial charge in [0.25, 0.3) is 11.6 Å². The standard InChI is InChI=1S/C16H11F3N4O4S/c1-8-13(20-15(28-8)12-3-2-6-27-12)14(24)22-21-10-5-4-9(16(17,18)19)7-11(10)23(25)26/h2-7,21H,1H3,(H,22,24). The maximum atomic E-state index is 12.7. The second-order valence-electron chi connectivity index (χ2n) is 5.47. The molecule has 3 aromatic rings. The minimum Gasteiger partial charge on any atom is -0.462 e. The predicted molar refractivity (Wildman–Crippen MR) is 93.7 cm³/mol. The first-order valence-electron chi connectivity index (χ1n) is 7.60. The van der Waals surface area contributed by atoms with Gasteiger partial charge in [-0.05, 0) is 31.2 Å². The van der Waals surface area contributed by atoms with E-state index in [0.717, 1.165) is 6.07 Å². The van der Waals surface area contributed by atoms with Crippen molar-refractivity contribution in [3.05, 3.63) is 62.8 Å². The molecule has 8 nitrogen and oxygen atoms in total. The third-order valence-electron chi connectivity index (χ3n) is 3.58. The first-order chi connectivity index (χ1) is 13.2. The van der Waals surface area contributed by atoms with Gasteiger partial charge in [-0.2, -0.15) is 13.2 Å². The number of furan rings is 1. The molecule has 146 valence electrons. The zero-order chi connectivity index (χ0) is 20.5. The van der Waals surface area contributed by atoms with E-state index in [1.54, 1.807) is 19.1 Å². The Hall–Kier alpha value is -3.41. The van der Waals surface area contributed by atoms with E-state index in [-0.39, 0.29) is 11.4 Å². The Labute approximate surface area is 159 Å². The molecule has 0 aliphatic carbocycles. The number of alkyl halides is 3. The van der Waals surface area contributed by atoms with E-state index < -0.39 is 28.3 Å². The van der Waals surface area contributed by atoms with Gasteiger partial charge in [0, 0.05) is 10.9 Å². The van der Waals surface area contributed by atoms with Crippen molar-refractivity contribution >= 4 is 28.6 Å². The topological polar surface area (TPSA) is 110 Å². The normalized spacial score (nSPS) is 11.3.